The van der Waals surface area contributed by atoms with Crippen LogP contribution >= 0.6 is 11.3 Å². The average molecular weight is 316 g/mol. The minimum absolute atomic E-state index is 0.142. The Bertz CT molecular complexity index is 633. The Morgan fingerprint density at radius 3 is 2.62 bits per heavy atom. The Hall–Kier alpha value is -1.50. The van der Waals surface area contributed by atoms with Crippen LogP contribution in [0.25, 0.3) is 10.2 Å². The zero-order valence-corrected chi connectivity index (χ0v) is 12.3. The number of halogens is 3. The molecule has 0 radical (unpaired) electrons. The van der Waals surface area contributed by atoms with Crippen LogP contribution in [0.4, 0.5) is 18.3 Å². The van der Waals surface area contributed by atoms with Crippen molar-refractivity contribution in [1.82, 2.24) is 4.98 Å². The summed E-state index contributed by atoms with van der Waals surface area (Å²) in [6.45, 7) is 0.808. The van der Waals surface area contributed by atoms with Crippen molar-refractivity contribution in [3.05, 3.63) is 18.2 Å². The van der Waals surface area contributed by atoms with E-state index in [4.69, 9.17) is 4.74 Å². The molecule has 1 aromatic heterocycles. The summed E-state index contributed by atoms with van der Waals surface area (Å²) in [4.78, 5) is 6.46. The Kier molecular flexibility index (Phi) is 3.69. The number of thiazole rings is 1. The van der Waals surface area contributed by atoms with Gasteiger partial charge in [0.1, 0.15) is 5.75 Å². The standard InChI is InChI=1S/C14H15F3N2OS/c1-20-10-2-3-12-11(8-10)18-13(21-12)19-6-4-9(5-7-19)14(15,16)17/h2-3,8-9H,4-7H2,1H3. The molecule has 0 N–H and O–H groups in total. The predicted molar refractivity (Wildman–Crippen MR) is 77.2 cm³/mol. The van der Waals surface area contributed by atoms with Crippen molar-refractivity contribution in [2.45, 2.75) is 19.0 Å². The molecule has 0 amide bonds. The van der Waals surface area contributed by atoms with Gasteiger partial charge in [-0.1, -0.05) is 11.3 Å². The molecule has 0 atom stereocenters. The highest BCUT2D eigenvalue weighted by molar-refractivity contribution is 7.22. The summed E-state index contributed by atoms with van der Waals surface area (Å²) in [5.41, 5.74) is 0.826. The molecule has 3 nitrogen and oxygen atoms in total. The Balaban J connectivity index is 1.76. The highest BCUT2D eigenvalue weighted by Gasteiger charge is 2.41. The number of nitrogens with zero attached hydrogens (tertiary/aromatic N) is 2. The van der Waals surface area contributed by atoms with Gasteiger partial charge in [0.05, 0.1) is 23.2 Å². The number of anilines is 1. The van der Waals surface area contributed by atoms with Gasteiger partial charge in [-0.2, -0.15) is 13.2 Å². The summed E-state index contributed by atoms with van der Waals surface area (Å²) in [5, 5.41) is 0.791. The minimum Gasteiger partial charge on any atom is -0.497 e. The van der Waals surface area contributed by atoms with E-state index < -0.39 is 12.1 Å². The van der Waals surface area contributed by atoms with Gasteiger partial charge < -0.3 is 9.64 Å². The molecule has 1 aliphatic heterocycles. The van der Waals surface area contributed by atoms with Crippen LogP contribution in [0.15, 0.2) is 18.2 Å². The third-order valence-corrected chi connectivity index (χ3v) is 4.91. The lowest BCUT2D eigenvalue weighted by Crippen LogP contribution is -2.38. The average Bonchev–Trinajstić information content (AvgIpc) is 2.89. The zero-order chi connectivity index (χ0) is 15.0. The van der Waals surface area contributed by atoms with Crippen molar-refractivity contribution >= 4 is 26.7 Å². The summed E-state index contributed by atoms with van der Waals surface area (Å²) >= 11 is 1.51. The van der Waals surface area contributed by atoms with Crippen LogP contribution in [0.3, 0.4) is 0 Å². The van der Waals surface area contributed by atoms with Crippen molar-refractivity contribution in [3.63, 3.8) is 0 Å². The van der Waals surface area contributed by atoms with Crippen LogP contribution < -0.4 is 9.64 Å². The molecule has 114 valence electrons. The number of aromatic nitrogens is 1. The number of rotatable bonds is 2. The van der Waals surface area contributed by atoms with Gasteiger partial charge in [0.25, 0.3) is 0 Å². The van der Waals surface area contributed by atoms with E-state index in [2.05, 4.69) is 4.98 Å². The first-order valence-electron chi connectivity index (χ1n) is 6.73. The Morgan fingerprint density at radius 2 is 2.00 bits per heavy atom. The minimum atomic E-state index is -4.08. The summed E-state index contributed by atoms with van der Waals surface area (Å²) < 4.78 is 44.2. The molecule has 0 aliphatic carbocycles. The van der Waals surface area contributed by atoms with Crippen molar-refractivity contribution in [1.29, 1.82) is 0 Å². The van der Waals surface area contributed by atoms with Gasteiger partial charge in [-0.05, 0) is 25.0 Å². The number of piperidine rings is 1. The van der Waals surface area contributed by atoms with Gasteiger partial charge in [0, 0.05) is 19.2 Å². The van der Waals surface area contributed by atoms with Gasteiger partial charge in [0.2, 0.25) is 0 Å². The molecule has 1 aromatic carbocycles. The van der Waals surface area contributed by atoms with Crippen molar-refractivity contribution < 1.29 is 17.9 Å². The first-order valence-corrected chi connectivity index (χ1v) is 7.55. The summed E-state index contributed by atoms with van der Waals surface area (Å²) in [5.74, 6) is -0.446. The maximum absolute atomic E-state index is 12.7. The quantitative estimate of drug-likeness (QED) is 0.834. The van der Waals surface area contributed by atoms with Crippen molar-refractivity contribution in [3.8, 4) is 5.75 Å². The van der Waals surface area contributed by atoms with E-state index in [1.807, 2.05) is 23.1 Å². The van der Waals surface area contributed by atoms with Crippen LogP contribution in [0.2, 0.25) is 0 Å². The fourth-order valence-corrected chi connectivity index (χ4v) is 3.55. The lowest BCUT2D eigenvalue weighted by Gasteiger charge is -2.32. The smallest absolute Gasteiger partial charge is 0.391 e. The summed E-state index contributed by atoms with van der Waals surface area (Å²) in [6.07, 6.45) is -3.79. The van der Waals surface area contributed by atoms with E-state index >= 15 is 0 Å². The van der Waals surface area contributed by atoms with Gasteiger partial charge >= 0.3 is 6.18 Å². The van der Waals surface area contributed by atoms with Gasteiger partial charge in [-0.3, -0.25) is 0 Å². The second kappa shape index (κ2) is 5.36. The molecule has 0 bridgehead atoms. The summed E-state index contributed by atoms with van der Waals surface area (Å²) in [7, 11) is 1.59. The zero-order valence-electron chi connectivity index (χ0n) is 11.5. The van der Waals surface area contributed by atoms with Crippen LogP contribution in [0.5, 0.6) is 5.75 Å². The lowest BCUT2D eigenvalue weighted by atomic mass is 9.97. The molecule has 0 unspecified atom stereocenters. The third kappa shape index (κ3) is 2.92. The monoisotopic (exact) mass is 316 g/mol. The second-order valence-electron chi connectivity index (χ2n) is 5.13. The molecule has 0 saturated carbocycles. The largest absolute Gasteiger partial charge is 0.497 e. The fraction of sp³-hybridized carbons (Fsp3) is 0.500. The van der Waals surface area contributed by atoms with E-state index in [9.17, 15) is 13.2 Å². The fourth-order valence-electron chi connectivity index (χ4n) is 2.56. The highest BCUT2D eigenvalue weighted by atomic mass is 32.1. The molecule has 7 heteroatoms. The SMILES string of the molecule is COc1ccc2sc(N3CCC(C(F)(F)F)CC3)nc2c1. The molecule has 1 fully saturated rings. The molecule has 0 spiro atoms. The van der Waals surface area contributed by atoms with E-state index in [0.717, 1.165) is 21.1 Å². The van der Waals surface area contributed by atoms with Crippen molar-refractivity contribution in [2.24, 2.45) is 5.92 Å². The molecule has 21 heavy (non-hydrogen) atoms. The molecule has 2 heterocycles. The second-order valence-corrected chi connectivity index (χ2v) is 6.14. The van der Waals surface area contributed by atoms with Crippen LogP contribution in [0.1, 0.15) is 12.8 Å². The molecular formula is C14H15F3N2OS. The lowest BCUT2D eigenvalue weighted by molar-refractivity contribution is -0.179. The molecular weight excluding hydrogens is 301 g/mol. The van der Waals surface area contributed by atoms with Gasteiger partial charge in [0.15, 0.2) is 5.13 Å². The predicted octanol–water partition coefficient (Wildman–Crippen LogP) is 4.08. The molecule has 1 saturated heterocycles. The summed E-state index contributed by atoms with van der Waals surface area (Å²) in [6, 6.07) is 5.63. The van der Waals surface area contributed by atoms with Crippen LogP contribution in [0, 0.1) is 5.92 Å². The Labute approximate surface area is 124 Å². The topological polar surface area (TPSA) is 25.4 Å². The number of alkyl halides is 3. The number of benzene rings is 1. The first kappa shape index (κ1) is 14.4. The maximum Gasteiger partial charge on any atom is 0.391 e. The molecule has 1 aliphatic rings. The van der Waals surface area contributed by atoms with Crippen LogP contribution in [-0.2, 0) is 0 Å². The van der Waals surface area contributed by atoms with E-state index in [1.165, 1.54) is 11.3 Å². The number of ether oxygens (including phenoxy) is 1. The van der Waals surface area contributed by atoms with Crippen LogP contribution in [-0.4, -0.2) is 31.4 Å². The maximum atomic E-state index is 12.7. The number of methoxy groups -OCH3 is 1. The molecule has 3 rings (SSSR count). The van der Waals surface area contributed by atoms with Gasteiger partial charge in [-0.15, -0.1) is 0 Å². The number of hydrogen-bond acceptors (Lipinski definition) is 4. The number of hydrogen-bond donors (Lipinski definition) is 0. The van der Waals surface area contributed by atoms with Gasteiger partial charge in [-0.25, -0.2) is 4.98 Å². The first-order chi connectivity index (χ1) is 9.97. The molecule has 2 aromatic rings. The highest BCUT2D eigenvalue weighted by Crippen LogP contribution is 2.37. The van der Waals surface area contributed by atoms with E-state index in [-0.39, 0.29) is 12.8 Å². The van der Waals surface area contributed by atoms with E-state index in [0.29, 0.717) is 13.1 Å². The Morgan fingerprint density at radius 1 is 1.29 bits per heavy atom. The normalized spacial score (nSPS) is 17.4. The van der Waals surface area contributed by atoms with E-state index in [1.54, 1.807) is 7.11 Å². The number of fused-ring (bicyclic) bond motifs is 1. The third-order valence-electron chi connectivity index (χ3n) is 3.81. The van der Waals surface area contributed by atoms with Crippen molar-refractivity contribution in [2.75, 3.05) is 25.1 Å².